The molecule has 110 valence electrons. The summed E-state index contributed by atoms with van der Waals surface area (Å²) in [6.45, 7) is 2.67. The van der Waals surface area contributed by atoms with Gasteiger partial charge in [-0.25, -0.2) is 14.4 Å². The van der Waals surface area contributed by atoms with Gasteiger partial charge in [0.15, 0.2) is 0 Å². The molecule has 3 rings (SSSR count). The zero-order chi connectivity index (χ0) is 14.5. The van der Waals surface area contributed by atoms with E-state index in [0.29, 0.717) is 6.04 Å². The summed E-state index contributed by atoms with van der Waals surface area (Å²) in [4.78, 5) is 10.8. The maximum absolute atomic E-state index is 12.9. The SMILES string of the molecule is Fc1ccc(CN[C@H]2CCCN(c3ncccn3)C2)cc1. The lowest BCUT2D eigenvalue weighted by atomic mass is 10.1. The van der Waals surface area contributed by atoms with Gasteiger partial charge in [-0.1, -0.05) is 12.1 Å². The summed E-state index contributed by atoms with van der Waals surface area (Å²) in [6.07, 6.45) is 5.82. The number of benzene rings is 1. The van der Waals surface area contributed by atoms with Gasteiger partial charge in [0.05, 0.1) is 0 Å². The monoisotopic (exact) mass is 286 g/mol. The van der Waals surface area contributed by atoms with Gasteiger partial charge in [0, 0.05) is 38.1 Å². The van der Waals surface area contributed by atoms with Crippen molar-refractivity contribution in [3.05, 3.63) is 54.1 Å². The molecule has 0 radical (unpaired) electrons. The van der Waals surface area contributed by atoms with E-state index < -0.39 is 0 Å². The van der Waals surface area contributed by atoms with Crippen molar-refractivity contribution in [1.29, 1.82) is 0 Å². The first-order valence-electron chi connectivity index (χ1n) is 7.31. The van der Waals surface area contributed by atoms with E-state index >= 15 is 0 Å². The van der Waals surface area contributed by atoms with E-state index in [1.807, 2.05) is 18.2 Å². The van der Waals surface area contributed by atoms with Crippen molar-refractivity contribution < 1.29 is 4.39 Å². The Morgan fingerprint density at radius 2 is 1.95 bits per heavy atom. The van der Waals surface area contributed by atoms with E-state index in [9.17, 15) is 4.39 Å². The summed E-state index contributed by atoms with van der Waals surface area (Å²) in [5, 5.41) is 3.54. The molecule has 5 heteroatoms. The molecule has 0 amide bonds. The Morgan fingerprint density at radius 3 is 2.71 bits per heavy atom. The molecule has 0 unspecified atom stereocenters. The molecule has 0 spiro atoms. The average molecular weight is 286 g/mol. The molecule has 0 bridgehead atoms. The van der Waals surface area contributed by atoms with E-state index in [-0.39, 0.29) is 5.82 Å². The number of nitrogens with zero attached hydrogens (tertiary/aromatic N) is 3. The molecule has 1 atom stereocenters. The molecule has 0 aliphatic carbocycles. The second kappa shape index (κ2) is 6.63. The number of piperidine rings is 1. The maximum atomic E-state index is 12.9. The lowest BCUT2D eigenvalue weighted by molar-refractivity contribution is 0.418. The summed E-state index contributed by atoms with van der Waals surface area (Å²) in [6, 6.07) is 8.89. The smallest absolute Gasteiger partial charge is 0.225 e. The Labute approximate surface area is 124 Å². The minimum atomic E-state index is -0.191. The van der Waals surface area contributed by atoms with Crippen LogP contribution in [0, 0.1) is 5.82 Å². The Kier molecular flexibility index (Phi) is 4.40. The third-order valence-electron chi connectivity index (χ3n) is 3.76. The van der Waals surface area contributed by atoms with Gasteiger partial charge in [-0.05, 0) is 36.6 Å². The van der Waals surface area contributed by atoms with Crippen molar-refractivity contribution in [3.8, 4) is 0 Å². The van der Waals surface area contributed by atoms with Crippen LogP contribution >= 0.6 is 0 Å². The molecule has 21 heavy (non-hydrogen) atoms. The standard InChI is InChI=1S/C16H19FN4/c17-14-6-4-13(5-7-14)11-20-15-3-1-10-21(12-15)16-18-8-2-9-19-16/h2,4-9,15,20H,1,3,10-12H2/t15-/m0/s1. The maximum Gasteiger partial charge on any atom is 0.225 e. The molecule has 1 saturated heterocycles. The predicted octanol–water partition coefficient (Wildman–Crippen LogP) is 2.37. The Morgan fingerprint density at radius 1 is 1.19 bits per heavy atom. The average Bonchev–Trinajstić information content (AvgIpc) is 2.55. The highest BCUT2D eigenvalue weighted by atomic mass is 19.1. The number of aromatic nitrogens is 2. The highest BCUT2D eigenvalue weighted by molar-refractivity contribution is 5.29. The van der Waals surface area contributed by atoms with Crippen LogP contribution < -0.4 is 10.2 Å². The molecule has 1 aliphatic heterocycles. The van der Waals surface area contributed by atoms with E-state index in [0.717, 1.165) is 44.0 Å². The van der Waals surface area contributed by atoms with E-state index in [1.165, 1.54) is 12.1 Å². The number of nitrogens with one attached hydrogen (secondary N) is 1. The molecule has 2 heterocycles. The van der Waals surface area contributed by atoms with Gasteiger partial charge in [0.1, 0.15) is 5.82 Å². The zero-order valence-electron chi connectivity index (χ0n) is 11.9. The van der Waals surface area contributed by atoms with Crippen LogP contribution in [0.4, 0.5) is 10.3 Å². The van der Waals surface area contributed by atoms with E-state index in [4.69, 9.17) is 0 Å². The second-order valence-electron chi connectivity index (χ2n) is 5.34. The van der Waals surface area contributed by atoms with Crippen LogP contribution in [0.1, 0.15) is 18.4 Å². The molecule has 1 N–H and O–H groups in total. The third kappa shape index (κ3) is 3.76. The van der Waals surface area contributed by atoms with Crippen LogP contribution in [0.3, 0.4) is 0 Å². The molecular weight excluding hydrogens is 267 g/mol. The largest absolute Gasteiger partial charge is 0.339 e. The lowest BCUT2D eigenvalue weighted by Crippen LogP contribution is -2.46. The van der Waals surface area contributed by atoms with Gasteiger partial charge in [0.25, 0.3) is 0 Å². The van der Waals surface area contributed by atoms with E-state index in [1.54, 1.807) is 12.4 Å². The molecule has 1 fully saturated rings. The number of halogens is 1. The van der Waals surface area contributed by atoms with E-state index in [2.05, 4.69) is 20.2 Å². The first-order valence-corrected chi connectivity index (χ1v) is 7.31. The summed E-state index contributed by atoms with van der Waals surface area (Å²) < 4.78 is 12.9. The fourth-order valence-electron chi connectivity index (χ4n) is 2.64. The van der Waals surface area contributed by atoms with Crippen molar-refractivity contribution in [3.63, 3.8) is 0 Å². The number of rotatable bonds is 4. The van der Waals surface area contributed by atoms with Gasteiger partial charge >= 0.3 is 0 Å². The van der Waals surface area contributed by atoms with Crippen LogP contribution in [0.2, 0.25) is 0 Å². The van der Waals surface area contributed by atoms with Gasteiger partial charge in [-0.3, -0.25) is 0 Å². The van der Waals surface area contributed by atoms with Crippen molar-refractivity contribution in [2.75, 3.05) is 18.0 Å². The highest BCUT2D eigenvalue weighted by Gasteiger charge is 2.20. The lowest BCUT2D eigenvalue weighted by Gasteiger charge is -2.33. The summed E-state index contributed by atoms with van der Waals surface area (Å²) in [5.74, 6) is 0.606. The molecular formula is C16H19FN4. The topological polar surface area (TPSA) is 41.0 Å². The van der Waals surface area contributed by atoms with Gasteiger partial charge in [-0.15, -0.1) is 0 Å². The quantitative estimate of drug-likeness (QED) is 0.937. The summed E-state index contributed by atoms with van der Waals surface area (Å²) in [5.41, 5.74) is 1.10. The van der Waals surface area contributed by atoms with Crippen molar-refractivity contribution in [2.45, 2.75) is 25.4 Å². The van der Waals surface area contributed by atoms with Crippen LogP contribution in [-0.2, 0) is 6.54 Å². The molecule has 1 aromatic carbocycles. The Hall–Kier alpha value is -2.01. The van der Waals surface area contributed by atoms with Gasteiger partial charge in [0.2, 0.25) is 5.95 Å². The van der Waals surface area contributed by atoms with Crippen molar-refractivity contribution in [2.24, 2.45) is 0 Å². The molecule has 2 aromatic rings. The van der Waals surface area contributed by atoms with Crippen molar-refractivity contribution >= 4 is 5.95 Å². The normalized spacial score (nSPS) is 18.7. The van der Waals surface area contributed by atoms with Gasteiger partial charge in [-0.2, -0.15) is 0 Å². The predicted molar refractivity (Wildman–Crippen MR) is 80.5 cm³/mol. The van der Waals surface area contributed by atoms with Crippen molar-refractivity contribution in [1.82, 2.24) is 15.3 Å². The van der Waals surface area contributed by atoms with Crippen LogP contribution in [0.15, 0.2) is 42.7 Å². The van der Waals surface area contributed by atoms with Gasteiger partial charge < -0.3 is 10.2 Å². The van der Waals surface area contributed by atoms with Crippen LogP contribution in [0.5, 0.6) is 0 Å². The van der Waals surface area contributed by atoms with Crippen LogP contribution in [0.25, 0.3) is 0 Å². The third-order valence-corrected chi connectivity index (χ3v) is 3.76. The fourth-order valence-corrected chi connectivity index (χ4v) is 2.64. The number of hydrogen-bond donors (Lipinski definition) is 1. The Balaban J connectivity index is 1.55. The summed E-state index contributed by atoms with van der Waals surface area (Å²) >= 11 is 0. The van der Waals surface area contributed by atoms with Crippen LogP contribution in [-0.4, -0.2) is 29.1 Å². The molecule has 4 nitrogen and oxygen atoms in total. The molecule has 0 saturated carbocycles. The Bertz CT molecular complexity index is 558. The number of hydrogen-bond acceptors (Lipinski definition) is 4. The fraction of sp³-hybridized carbons (Fsp3) is 0.375. The first-order chi connectivity index (χ1) is 10.3. The first kappa shape index (κ1) is 13.9. The summed E-state index contributed by atoms with van der Waals surface area (Å²) in [7, 11) is 0. The molecule has 1 aliphatic rings. The minimum Gasteiger partial charge on any atom is -0.339 e. The minimum absolute atomic E-state index is 0.191. The molecule has 1 aromatic heterocycles. The zero-order valence-corrected chi connectivity index (χ0v) is 11.9. The number of anilines is 1. The highest BCUT2D eigenvalue weighted by Crippen LogP contribution is 2.15. The second-order valence-corrected chi connectivity index (χ2v) is 5.34.